The largest absolute Gasteiger partial charge is 0.497 e. The molecule has 2 fully saturated rings. The van der Waals surface area contributed by atoms with E-state index in [1.54, 1.807) is 34.5 Å². The highest BCUT2D eigenvalue weighted by Crippen LogP contribution is 2.67. The zero-order valence-corrected chi connectivity index (χ0v) is 41.6. The fourth-order valence-corrected chi connectivity index (χ4v) is 13.3. The molecule has 3 aromatic carbocycles. The van der Waals surface area contributed by atoms with Gasteiger partial charge in [0, 0.05) is 60.6 Å². The minimum absolute atomic E-state index is 0.0847. The third kappa shape index (κ3) is 7.99. The standard InChI is InChI=1S/C53H67N3O11S/c1-9-51-25-16-27-56-28-26-52(47(51)56)36-22-20-33(62-3)30-38(36)55(2)48(52)53(61,50(60)66-7)49(51)67-43(59)18-15-13-11-10-12-14-17-42(58)54-37-23-19-32-29-40(63-4)45(64-5)46(65-6)44(32)34-21-24-41(68-8)39(57)31-35(34)37/h16,20-22,24-25,29-31,37,47-49,61H,9-15,17-19,23,26-28H2,1-8H3,(H,54,58)/t37-,47-,48+,49+,51+,52+,53-/m0/s1. The molecule has 0 bridgehead atoms. The maximum atomic E-state index is 14.2. The Kier molecular flexibility index (Phi) is 14.5. The smallest absolute Gasteiger partial charge is 0.344 e. The van der Waals surface area contributed by atoms with E-state index < -0.39 is 46.6 Å². The zero-order chi connectivity index (χ0) is 48.5. The van der Waals surface area contributed by atoms with Gasteiger partial charge in [0.1, 0.15) is 5.75 Å². The predicted molar refractivity (Wildman–Crippen MR) is 261 cm³/mol. The van der Waals surface area contributed by atoms with Gasteiger partial charge in [-0.3, -0.25) is 19.3 Å². The van der Waals surface area contributed by atoms with E-state index in [1.165, 1.54) is 18.9 Å². The minimum Gasteiger partial charge on any atom is -0.497 e. The van der Waals surface area contributed by atoms with Crippen LogP contribution in [-0.4, -0.2) is 114 Å². The van der Waals surface area contributed by atoms with Crippen molar-refractivity contribution in [2.75, 3.05) is 66.8 Å². The average molecular weight is 954 g/mol. The number of anilines is 1. The summed E-state index contributed by atoms with van der Waals surface area (Å²) in [6.07, 6.45) is 12.4. The van der Waals surface area contributed by atoms with Crippen LogP contribution in [0.25, 0.3) is 11.1 Å². The SMILES string of the molecule is CC[C@]12C=CCN3CC[C@@]4(c5ccc(OC)cc5N(C)[C@H]4[C@@](O)(C(=O)OC)[C@@H]1OC(=O)CCCCCCCCC(=O)N[C@H]1CCc4cc(OC)c(OC)c(OC)c4-c4ccc(SC)c(=O)cc41)[C@@H]32. The fraction of sp³-hybridized carbons (Fsp3) is 0.547. The number of hydrogen-bond donors (Lipinski definition) is 2. The molecule has 1 amide bonds. The van der Waals surface area contributed by atoms with Gasteiger partial charge in [-0.2, -0.15) is 0 Å². The van der Waals surface area contributed by atoms with E-state index >= 15 is 0 Å². The van der Waals surface area contributed by atoms with Crippen molar-refractivity contribution >= 4 is 35.3 Å². The van der Waals surface area contributed by atoms with Crippen molar-refractivity contribution in [3.63, 3.8) is 0 Å². The third-order valence-corrected chi connectivity index (χ3v) is 16.5. The number of aliphatic hydroxyl groups is 1. The number of carbonyl (C=O) groups excluding carboxylic acids is 3. The first-order valence-electron chi connectivity index (χ1n) is 24.0. The van der Waals surface area contributed by atoms with Crippen molar-refractivity contribution in [3.8, 4) is 34.1 Å². The van der Waals surface area contributed by atoms with Crippen LogP contribution in [0, 0.1) is 5.41 Å². The molecule has 366 valence electrons. The summed E-state index contributed by atoms with van der Waals surface area (Å²) in [7, 11) is 9.53. The molecule has 2 N–H and O–H groups in total. The molecule has 8 rings (SSSR count). The normalized spacial score (nSPS) is 26.3. The van der Waals surface area contributed by atoms with Gasteiger partial charge in [-0.25, -0.2) is 4.79 Å². The van der Waals surface area contributed by atoms with Crippen LogP contribution in [0.5, 0.6) is 23.0 Å². The van der Waals surface area contributed by atoms with Crippen LogP contribution in [0.4, 0.5) is 5.69 Å². The Morgan fingerprint density at radius 3 is 2.29 bits per heavy atom. The van der Waals surface area contributed by atoms with Crippen molar-refractivity contribution in [2.45, 2.75) is 124 Å². The Bertz CT molecular complexity index is 2520. The molecule has 7 atom stereocenters. The quantitative estimate of drug-likeness (QED) is 0.0565. The number of carbonyl (C=O) groups is 3. The van der Waals surface area contributed by atoms with Gasteiger partial charge in [-0.15, -0.1) is 11.8 Å². The number of nitrogens with zero attached hydrogens (tertiary/aromatic N) is 2. The van der Waals surface area contributed by atoms with Crippen LogP contribution < -0.4 is 34.6 Å². The van der Waals surface area contributed by atoms with E-state index in [0.29, 0.717) is 72.8 Å². The number of methoxy groups -OCH3 is 5. The number of fused-ring (bicyclic) bond motifs is 4. The van der Waals surface area contributed by atoms with Gasteiger partial charge >= 0.3 is 11.9 Å². The first kappa shape index (κ1) is 49.2. The summed E-state index contributed by atoms with van der Waals surface area (Å²) >= 11 is 1.38. The molecule has 2 aliphatic carbocycles. The molecule has 3 aromatic rings. The predicted octanol–water partition coefficient (Wildman–Crippen LogP) is 7.32. The van der Waals surface area contributed by atoms with Gasteiger partial charge in [0.05, 0.1) is 52.5 Å². The Balaban J connectivity index is 0.887. The lowest BCUT2D eigenvalue weighted by Crippen LogP contribution is -2.81. The van der Waals surface area contributed by atoms with E-state index in [2.05, 4.69) is 28.4 Å². The molecule has 14 nitrogen and oxygen atoms in total. The summed E-state index contributed by atoms with van der Waals surface area (Å²) in [5.41, 5.74) is 1.44. The molecular weight excluding hydrogens is 887 g/mol. The summed E-state index contributed by atoms with van der Waals surface area (Å²) in [6.45, 7) is 3.54. The van der Waals surface area contributed by atoms with Gasteiger partial charge < -0.3 is 43.7 Å². The molecule has 1 saturated heterocycles. The summed E-state index contributed by atoms with van der Waals surface area (Å²) in [6, 6.07) is 12.0. The van der Waals surface area contributed by atoms with Crippen molar-refractivity contribution < 1.29 is 47.9 Å². The third-order valence-electron chi connectivity index (χ3n) is 15.7. The number of hydrogen-bond acceptors (Lipinski definition) is 14. The van der Waals surface area contributed by atoms with E-state index in [1.807, 2.05) is 55.5 Å². The number of aryl methyl sites for hydroxylation is 1. The van der Waals surface area contributed by atoms with Crippen LogP contribution in [0.1, 0.15) is 100 Å². The lowest BCUT2D eigenvalue weighted by molar-refractivity contribution is -0.229. The van der Waals surface area contributed by atoms with E-state index in [9.17, 15) is 24.3 Å². The van der Waals surface area contributed by atoms with E-state index in [0.717, 1.165) is 72.3 Å². The van der Waals surface area contributed by atoms with Gasteiger partial charge in [-0.1, -0.05) is 56.9 Å². The van der Waals surface area contributed by atoms with Crippen LogP contribution in [0.2, 0.25) is 0 Å². The first-order chi connectivity index (χ1) is 32.8. The first-order valence-corrected chi connectivity index (χ1v) is 25.2. The highest BCUT2D eigenvalue weighted by atomic mass is 32.2. The molecular formula is C53H67N3O11S. The highest BCUT2D eigenvalue weighted by molar-refractivity contribution is 7.98. The fourth-order valence-electron chi connectivity index (χ4n) is 12.8. The van der Waals surface area contributed by atoms with Gasteiger partial charge in [0.15, 0.2) is 23.0 Å². The molecule has 1 saturated carbocycles. The number of nitrogens with one attached hydrogen (secondary N) is 1. The van der Waals surface area contributed by atoms with E-state index in [4.69, 9.17) is 28.4 Å². The number of esters is 2. The van der Waals surface area contributed by atoms with Gasteiger partial charge in [-0.05, 0) is 97.8 Å². The molecule has 3 aliphatic heterocycles. The minimum atomic E-state index is -2.18. The second-order valence-corrected chi connectivity index (χ2v) is 19.7. The van der Waals surface area contributed by atoms with Crippen molar-refractivity contribution in [1.29, 1.82) is 0 Å². The van der Waals surface area contributed by atoms with Crippen molar-refractivity contribution in [2.24, 2.45) is 5.41 Å². The van der Waals surface area contributed by atoms with Crippen molar-refractivity contribution in [3.05, 3.63) is 81.5 Å². The molecule has 1 spiro atoms. The summed E-state index contributed by atoms with van der Waals surface area (Å²) in [5.74, 6) is 0.839. The number of likely N-dealkylation sites (N-methyl/N-ethyl adjacent to an activating group) is 1. The number of benzene rings is 2. The zero-order valence-electron chi connectivity index (χ0n) is 40.7. The number of thioether (sulfide) groups is 1. The molecule has 3 heterocycles. The Morgan fingerprint density at radius 2 is 1.62 bits per heavy atom. The molecule has 15 heteroatoms. The van der Waals surface area contributed by atoms with Crippen molar-refractivity contribution in [1.82, 2.24) is 10.2 Å². The topological polar surface area (TPSA) is 162 Å². The maximum Gasteiger partial charge on any atom is 0.344 e. The molecule has 68 heavy (non-hydrogen) atoms. The second-order valence-electron chi connectivity index (χ2n) is 18.9. The van der Waals surface area contributed by atoms with Crippen LogP contribution >= 0.6 is 11.8 Å². The molecule has 0 radical (unpaired) electrons. The maximum absolute atomic E-state index is 14.2. The lowest BCUT2D eigenvalue weighted by atomic mass is 9.47. The Morgan fingerprint density at radius 1 is 0.882 bits per heavy atom. The van der Waals surface area contributed by atoms with Gasteiger partial charge in [0.2, 0.25) is 17.3 Å². The summed E-state index contributed by atoms with van der Waals surface area (Å²) in [5, 5.41) is 16.4. The summed E-state index contributed by atoms with van der Waals surface area (Å²) in [4.78, 5) is 60.1. The van der Waals surface area contributed by atoms with Crippen LogP contribution in [-0.2, 0) is 35.7 Å². The monoisotopic (exact) mass is 953 g/mol. The van der Waals surface area contributed by atoms with E-state index in [-0.39, 0.29) is 23.8 Å². The van der Waals surface area contributed by atoms with Crippen LogP contribution in [0.3, 0.4) is 0 Å². The Labute approximate surface area is 404 Å². The number of amides is 1. The number of unbranched alkanes of at least 4 members (excludes halogenated alkanes) is 5. The molecule has 0 aromatic heterocycles. The van der Waals surface area contributed by atoms with Crippen LogP contribution in [0.15, 0.2) is 64.3 Å². The highest BCUT2D eigenvalue weighted by Gasteiger charge is 2.80. The average Bonchev–Trinajstić information content (AvgIpc) is 3.74. The Hall–Kier alpha value is -5.25. The van der Waals surface area contributed by atoms with Gasteiger partial charge in [0.25, 0.3) is 0 Å². The summed E-state index contributed by atoms with van der Waals surface area (Å²) < 4.78 is 34.8. The number of ether oxygens (including phenoxy) is 6. The lowest BCUT2D eigenvalue weighted by Gasteiger charge is -2.63. The molecule has 5 aliphatic rings. The second kappa shape index (κ2) is 20.0. The molecule has 0 unspecified atom stereocenters. The number of rotatable bonds is 18.